The summed E-state index contributed by atoms with van der Waals surface area (Å²) in [5.74, 6) is 1.63. The number of aryl methyl sites for hydroxylation is 1. The first-order chi connectivity index (χ1) is 13.6. The Kier molecular flexibility index (Phi) is 5.53. The van der Waals surface area contributed by atoms with Crippen molar-refractivity contribution >= 4 is 28.7 Å². The maximum Gasteiger partial charge on any atom is 0.317 e. The number of hydrogen-bond donors (Lipinski definition) is 1. The second-order valence-corrected chi connectivity index (χ2v) is 7.91. The summed E-state index contributed by atoms with van der Waals surface area (Å²) in [5, 5.41) is 3.72. The fourth-order valence-corrected chi connectivity index (χ4v) is 4.02. The highest BCUT2D eigenvalue weighted by Crippen LogP contribution is 2.23. The minimum absolute atomic E-state index is 0.0117. The Morgan fingerprint density at radius 2 is 1.86 bits per heavy atom. The molecule has 28 heavy (non-hydrogen) atoms. The molecule has 0 atom stereocenters. The summed E-state index contributed by atoms with van der Waals surface area (Å²) in [5.41, 5.74) is 3.30. The Hall–Kier alpha value is -2.53. The highest BCUT2D eigenvalue weighted by atomic mass is 35.5. The lowest BCUT2D eigenvalue weighted by atomic mass is 9.97. The number of fused-ring (bicyclic) bond motifs is 1. The summed E-state index contributed by atoms with van der Waals surface area (Å²) in [4.78, 5) is 19.0. The number of nitrogens with zero attached hydrogens (tertiary/aromatic N) is 3. The Balaban J connectivity index is 1.30. The number of aromatic nitrogens is 2. The molecule has 2 aromatic carbocycles. The van der Waals surface area contributed by atoms with Crippen molar-refractivity contribution in [3.8, 4) is 0 Å². The number of urea groups is 1. The largest absolute Gasteiger partial charge is 0.334 e. The predicted octanol–water partition coefficient (Wildman–Crippen LogP) is 4.62. The number of imidazole rings is 1. The molecule has 0 unspecified atom stereocenters. The number of nitrogens with one attached hydrogen (secondary N) is 1. The summed E-state index contributed by atoms with van der Waals surface area (Å²) >= 11 is 5.90. The lowest BCUT2D eigenvalue weighted by Gasteiger charge is -2.32. The minimum Gasteiger partial charge on any atom is -0.334 e. The van der Waals surface area contributed by atoms with Gasteiger partial charge < -0.3 is 14.8 Å². The molecule has 0 bridgehead atoms. The molecule has 5 nitrogen and oxygen atoms in total. The SMILES string of the molecule is Cc1nc2ccccc2n1CC1CCN(C(=O)NCc2ccc(Cl)cc2)CC1. The van der Waals surface area contributed by atoms with Gasteiger partial charge in [0, 0.05) is 31.2 Å². The molecule has 0 radical (unpaired) electrons. The first-order valence-electron chi connectivity index (χ1n) is 9.79. The van der Waals surface area contributed by atoms with Crippen LogP contribution in [0, 0.1) is 12.8 Å². The van der Waals surface area contributed by atoms with Gasteiger partial charge in [0.05, 0.1) is 11.0 Å². The number of carbonyl (C=O) groups excluding carboxylic acids is 1. The number of halogens is 1. The van der Waals surface area contributed by atoms with Crippen molar-refractivity contribution < 1.29 is 4.79 Å². The van der Waals surface area contributed by atoms with E-state index in [-0.39, 0.29) is 6.03 Å². The zero-order valence-electron chi connectivity index (χ0n) is 16.1. The lowest BCUT2D eigenvalue weighted by Crippen LogP contribution is -2.44. The van der Waals surface area contributed by atoms with Crippen molar-refractivity contribution in [2.45, 2.75) is 32.9 Å². The van der Waals surface area contributed by atoms with E-state index in [4.69, 9.17) is 11.6 Å². The second kappa shape index (κ2) is 8.23. The van der Waals surface area contributed by atoms with Crippen LogP contribution in [-0.2, 0) is 13.1 Å². The third-order valence-corrected chi connectivity index (χ3v) is 5.80. The monoisotopic (exact) mass is 396 g/mol. The lowest BCUT2D eigenvalue weighted by molar-refractivity contribution is 0.165. The van der Waals surface area contributed by atoms with Gasteiger partial charge >= 0.3 is 6.03 Å². The Morgan fingerprint density at radius 1 is 1.14 bits per heavy atom. The molecular weight excluding hydrogens is 372 g/mol. The van der Waals surface area contributed by atoms with E-state index in [0.717, 1.165) is 49.4 Å². The Bertz CT molecular complexity index is 958. The van der Waals surface area contributed by atoms with Crippen LogP contribution in [0.2, 0.25) is 5.02 Å². The molecule has 6 heteroatoms. The van der Waals surface area contributed by atoms with Gasteiger partial charge in [0.1, 0.15) is 5.82 Å². The molecule has 0 saturated carbocycles. The van der Waals surface area contributed by atoms with Gasteiger partial charge in [-0.1, -0.05) is 35.9 Å². The topological polar surface area (TPSA) is 50.2 Å². The third-order valence-electron chi connectivity index (χ3n) is 5.54. The molecule has 2 amide bonds. The van der Waals surface area contributed by atoms with Gasteiger partial charge in [-0.25, -0.2) is 9.78 Å². The molecule has 1 saturated heterocycles. The molecule has 0 spiro atoms. The normalized spacial score (nSPS) is 15.1. The van der Waals surface area contributed by atoms with Gasteiger partial charge in [0.15, 0.2) is 0 Å². The van der Waals surface area contributed by atoms with Gasteiger partial charge in [-0.05, 0) is 55.5 Å². The first-order valence-corrected chi connectivity index (χ1v) is 10.2. The van der Waals surface area contributed by atoms with E-state index in [1.54, 1.807) is 0 Å². The zero-order chi connectivity index (χ0) is 19.5. The van der Waals surface area contributed by atoms with E-state index in [0.29, 0.717) is 17.5 Å². The standard InChI is InChI=1S/C22H25ClN4O/c1-16-25-20-4-2-3-5-21(20)27(16)15-18-10-12-26(13-11-18)22(28)24-14-17-6-8-19(23)9-7-17/h2-9,18H,10-15H2,1H3,(H,24,28). The van der Waals surface area contributed by atoms with Gasteiger partial charge in [-0.15, -0.1) is 0 Å². The molecule has 146 valence electrons. The average Bonchev–Trinajstić information content (AvgIpc) is 3.03. The molecule has 0 aliphatic carbocycles. The molecule has 3 aromatic rings. The number of para-hydroxylation sites is 2. The van der Waals surface area contributed by atoms with Gasteiger partial charge in [-0.2, -0.15) is 0 Å². The minimum atomic E-state index is 0.0117. The average molecular weight is 397 g/mol. The third kappa shape index (κ3) is 4.14. The molecule has 1 aliphatic heterocycles. The number of amides is 2. The van der Waals surface area contributed by atoms with Gasteiger partial charge in [0.25, 0.3) is 0 Å². The summed E-state index contributed by atoms with van der Waals surface area (Å²) in [6.07, 6.45) is 2.03. The summed E-state index contributed by atoms with van der Waals surface area (Å²) in [6.45, 7) is 5.15. The van der Waals surface area contributed by atoms with Crippen LogP contribution in [0.4, 0.5) is 4.79 Å². The van der Waals surface area contributed by atoms with E-state index in [9.17, 15) is 4.79 Å². The number of rotatable bonds is 4. The van der Waals surface area contributed by atoms with Crippen molar-refractivity contribution in [2.24, 2.45) is 5.92 Å². The number of hydrogen-bond acceptors (Lipinski definition) is 2. The Morgan fingerprint density at radius 3 is 2.61 bits per heavy atom. The molecular formula is C22H25ClN4O. The fraction of sp³-hybridized carbons (Fsp3) is 0.364. The smallest absolute Gasteiger partial charge is 0.317 e. The molecule has 4 rings (SSSR count). The van der Waals surface area contributed by atoms with Gasteiger partial charge in [-0.3, -0.25) is 0 Å². The predicted molar refractivity (Wildman–Crippen MR) is 112 cm³/mol. The van der Waals surface area contributed by atoms with Crippen molar-refractivity contribution in [1.82, 2.24) is 19.8 Å². The van der Waals surface area contributed by atoms with Crippen molar-refractivity contribution in [3.63, 3.8) is 0 Å². The fourth-order valence-electron chi connectivity index (χ4n) is 3.89. The van der Waals surface area contributed by atoms with E-state index in [1.807, 2.05) is 35.2 Å². The van der Waals surface area contributed by atoms with Crippen LogP contribution in [0.3, 0.4) is 0 Å². The van der Waals surface area contributed by atoms with E-state index >= 15 is 0 Å². The number of carbonyl (C=O) groups is 1. The van der Waals surface area contributed by atoms with Gasteiger partial charge in [0.2, 0.25) is 0 Å². The first kappa shape index (κ1) is 18.8. The molecule has 1 fully saturated rings. The maximum atomic E-state index is 12.5. The Labute approximate surface area is 170 Å². The maximum absolute atomic E-state index is 12.5. The van der Waals surface area contributed by atoms with E-state index in [2.05, 4.69) is 40.0 Å². The number of likely N-dealkylation sites (tertiary alicyclic amines) is 1. The number of benzene rings is 2. The molecule has 1 N–H and O–H groups in total. The van der Waals surface area contributed by atoms with E-state index < -0.39 is 0 Å². The molecule has 1 aliphatic rings. The summed E-state index contributed by atoms with van der Waals surface area (Å²) in [7, 11) is 0. The van der Waals surface area contributed by atoms with Crippen LogP contribution in [-0.4, -0.2) is 33.6 Å². The van der Waals surface area contributed by atoms with Crippen molar-refractivity contribution in [3.05, 3.63) is 64.9 Å². The van der Waals surface area contributed by atoms with Crippen molar-refractivity contribution in [1.29, 1.82) is 0 Å². The van der Waals surface area contributed by atoms with E-state index in [1.165, 1.54) is 5.52 Å². The van der Waals surface area contributed by atoms with Crippen molar-refractivity contribution in [2.75, 3.05) is 13.1 Å². The molecule has 2 heterocycles. The highest BCUT2D eigenvalue weighted by Gasteiger charge is 2.23. The van der Waals surface area contributed by atoms with Crippen LogP contribution in [0.25, 0.3) is 11.0 Å². The quantitative estimate of drug-likeness (QED) is 0.699. The summed E-state index contributed by atoms with van der Waals surface area (Å²) < 4.78 is 2.32. The van der Waals surface area contributed by atoms with Crippen LogP contribution in [0.15, 0.2) is 48.5 Å². The summed E-state index contributed by atoms with van der Waals surface area (Å²) in [6, 6.07) is 15.9. The van der Waals surface area contributed by atoms with Crippen LogP contribution in [0.1, 0.15) is 24.2 Å². The molecule has 1 aromatic heterocycles. The van der Waals surface area contributed by atoms with Crippen LogP contribution in [0.5, 0.6) is 0 Å². The van der Waals surface area contributed by atoms with Crippen LogP contribution >= 0.6 is 11.6 Å². The highest BCUT2D eigenvalue weighted by molar-refractivity contribution is 6.30. The second-order valence-electron chi connectivity index (χ2n) is 7.47. The van der Waals surface area contributed by atoms with Crippen LogP contribution < -0.4 is 5.32 Å². The number of piperidine rings is 1. The zero-order valence-corrected chi connectivity index (χ0v) is 16.8.